The zero-order valence-electron chi connectivity index (χ0n) is 17.6. The highest BCUT2D eigenvalue weighted by molar-refractivity contribution is 6.13. The first-order valence-corrected chi connectivity index (χ1v) is 10.1. The number of azide groups is 1. The molecule has 0 unspecified atom stereocenters. The molecule has 1 amide bonds. The summed E-state index contributed by atoms with van der Waals surface area (Å²) in [5, 5.41) is 3.96. The van der Waals surface area contributed by atoms with Crippen molar-refractivity contribution in [2.45, 2.75) is 44.9 Å². The van der Waals surface area contributed by atoms with Crippen LogP contribution in [-0.4, -0.2) is 47.5 Å². The SMILES string of the molecule is CC(C)(C)OC(=O)N1CC[C@@H](N=C(c2ccccc2)c2ccccc2)[C@@H](N=[N+]=[N-])C1. The van der Waals surface area contributed by atoms with Crippen molar-refractivity contribution in [2.24, 2.45) is 10.1 Å². The van der Waals surface area contributed by atoms with E-state index in [1.165, 1.54) is 0 Å². The van der Waals surface area contributed by atoms with E-state index in [-0.39, 0.29) is 12.6 Å². The summed E-state index contributed by atoms with van der Waals surface area (Å²) >= 11 is 0. The van der Waals surface area contributed by atoms with Gasteiger partial charge in [0.15, 0.2) is 0 Å². The largest absolute Gasteiger partial charge is 0.444 e. The Hall–Kier alpha value is -3.31. The molecule has 0 spiro atoms. The number of benzene rings is 2. The van der Waals surface area contributed by atoms with Crippen molar-refractivity contribution in [3.63, 3.8) is 0 Å². The summed E-state index contributed by atoms with van der Waals surface area (Å²) in [6, 6.07) is 19.2. The highest BCUT2D eigenvalue weighted by Gasteiger charge is 2.33. The second kappa shape index (κ2) is 9.46. The zero-order chi connectivity index (χ0) is 21.6. The highest BCUT2D eigenvalue weighted by Crippen LogP contribution is 2.22. The molecule has 2 aromatic rings. The van der Waals surface area contributed by atoms with Gasteiger partial charge in [-0.15, -0.1) is 0 Å². The number of ether oxygens (including phenoxy) is 1. The van der Waals surface area contributed by atoms with E-state index in [0.29, 0.717) is 13.0 Å². The van der Waals surface area contributed by atoms with Crippen molar-refractivity contribution < 1.29 is 9.53 Å². The third-order valence-corrected chi connectivity index (χ3v) is 4.79. The molecule has 1 aliphatic rings. The number of amides is 1. The van der Waals surface area contributed by atoms with Gasteiger partial charge in [-0.3, -0.25) is 4.99 Å². The van der Waals surface area contributed by atoms with Crippen molar-refractivity contribution >= 4 is 11.8 Å². The van der Waals surface area contributed by atoms with E-state index in [2.05, 4.69) is 10.0 Å². The van der Waals surface area contributed by atoms with Crippen molar-refractivity contribution in [3.05, 3.63) is 82.2 Å². The third-order valence-electron chi connectivity index (χ3n) is 4.79. The lowest BCUT2D eigenvalue weighted by atomic mass is 9.97. The molecule has 156 valence electrons. The molecule has 30 heavy (non-hydrogen) atoms. The molecule has 0 radical (unpaired) electrons. The Morgan fingerprint density at radius 1 is 1.03 bits per heavy atom. The Morgan fingerprint density at radius 3 is 2.10 bits per heavy atom. The molecule has 1 heterocycles. The van der Waals surface area contributed by atoms with Gasteiger partial charge in [-0.05, 0) is 32.7 Å². The number of aliphatic imine (C=N–C) groups is 1. The molecule has 2 atom stereocenters. The minimum absolute atomic E-state index is 0.227. The standard InChI is InChI=1S/C23H27N5O2/c1-23(2,3)30-22(29)28-15-14-19(20(16-28)26-27-24)25-21(17-10-6-4-7-11-17)18-12-8-5-9-13-18/h4-13,19-20H,14-16H2,1-3H3/t19-,20+/m1/s1. The molecule has 7 heteroatoms. The molecule has 2 aromatic carbocycles. The summed E-state index contributed by atoms with van der Waals surface area (Å²) in [5.74, 6) is 0. The van der Waals surface area contributed by atoms with E-state index in [9.17, 15) is 4.79 Å². The molecule has 0 saturated carbocycles. The lowest BCUT2D eigenvalue weighted by Crippen LogP contribution is -2.49. The fourth-order valence-electron chi connectivity index (χ4n) is 3.42. The van der Waals surface area contributed by atoms with E-state index in [4.69, 9.17) is 15.3 Å². The van der Waals surface area contributed by atoms with Crippen LogP contribution in [0, 0.1) is 0 Å². The highest BCUT2D eigenvalue weighted by atomic mass is 16.6. The number of piperidine rings is 1. The van der Waals surface area contributed by atoms with Crippen LogP contribution in [0.5, 0.6) is 0 Å². The van der Waals surface area contributed by atoms with Crippen LogP contribution in [0.4, 0.5) is 4.79 Å². The monoisotopic (exact) mass is 405 g/mol. The van der Waals surface area contributed by atoms with Crippen LogP contribution >= 0.6 is 0 Å². The van der Waals surface area contributed by atoms with E-state index in [1.807, 2.05) is 81.4 Å². The van der Waals surface area contributed by atoms with E-state index >= 15 is 0 Å². The Labute approximate surface area is 177 Å². The van der Waals surface area contributed by atoms with E-state index in [0.717, 1.165) is 16.8 Å². The fraction of sp³-hybridized carbons (Fsp3) is 0.391. The average molecular weight is 406 g/mol. The molecule has 1 aliphatic heterocycles. The maximum absolute atomic E-state index is 12.5. The summed E-state index contributed by atoms with van der Waals surface area (Å²) < 4.78 is 5.48. The van der Waals surface area contributed by atoms with E-state index < -0.39 is 17.7 Å². The van der Waals surface area contributed by atoms with Gasteiger partial charge < -0.3 is 9.64 Å². The lowest BCUT2D eigenvalue weighted by molar-refractivity contribution is 0.0189. The molecule has 0 bridgehead atoms. The van der Waals surface area contributed by atoms with Crippen LogP contribution in [-0.2, 0) is 4.74 Å². The van der Waals surface area contributed by atoms with Crippen LogP contribution < -0.4 is 0 Å². The summed E-state index contributed by atoms with van der Waals surface area (Å²) in [5.41, 5.74) is 11.4. The number of hydrogen-bond acceptors (Lipinski definition) is 4. The summed E-state index contributed by atoms with van der Waals surface area (Å²) in [7, 11) is 0. The van der Waals surface area contributed by atoms with Gasteiger partial charge in [0.1, 0.15) is 5.60 Å². The molecule has 1 saturated heterocycles. The van der Waals surface area contributed by atoms with Crippen LogP contribution in [0.1, 0.15) is 38.3 Å². The maximum Gasteiger partial charge on any atom is 0.410 e. The lowest BCUT2D eigenvalue weighted by Gasteiger charge is -2.36. The number of carbonyl (C=O) groups is 1. The normalized spacial score (nSPS) is 18.8. The van der Waals surface area contributed by atoms with Crippen LogP contribution in [0.3, 0.4) is 0 Å². The predicted octanol–water partition coefficient (Wildman–Crippen LogP) is 5.21. The van der Waals surface area contributed by atoms with Gasteiger partial charge in [0.05, 0.1) is 17.8 Å². The minimum Gasteiger partial charge on any atom is -0.444 e. The van der Waals surface area contributed by atoms with Gasteiger partial charge in [-0.2, -0.15) is 0 Å². The van der Waals surface area contributed by atoms with Crippen LogP contribution in [0.25, 0.3) is 10.4 Å². The summed E-state index contributed by atoms with van der Waals surface area (Å²) in [4.78, 5) is 22.1. The predicted molar refractivity (Wildman–Crippen MR) is 118 cm³/mol. The zero-order valence-corrected chi connectivity index (χ0v) is 17.6. The quantitative estimate of drug-likeness (QED) is 0.302. The summed E-state index contributed by atoms with van der Waals surface area (Å²) in [6.45, 7) is 6.28. The first-order chi connectivity index (χ1) is 14.4. The first kappa shape index (κ1) is 21.4. The summed E-state index contributed by atoms with van der Waals surface area (Å²) in [6.07, 6.45) is 0.195. The average Bonchev–Trinajstić information content (AvgIpc) is 2.73. The number of carbonyl (C=O) groups excluding carboxylic acids is 1. The molecular formula is C23H27N5O2. The van der Waals surface area contributed by atoms with Gasteiger partial charge >= 0.3 is 6.09 Å². The van der Waals surface area contributed by atoms with Gasteiger partial charge in [-0.1, -0.05) is 65.8 Å². The van der Waals surface area contributed by atoms with Gasteiger partial charge in [0.25, 0.3) is 0 Å². The molecule has 0 aliphatic carbocycles. The maximum atomic E-state index is 12.5. The Kier molecular flexibility index (Phi) is 6.75. The molecular weight excluding hydrogens is 378 g/mol. The van der Waals surface area contributed by atoms with Gasteiger partial charge in [-0.25, -0.2) is 4.79 Å². The molecule has 1 fully saturated rings. The second-order valence-corrected chi connectivity index (χ2v) is 8.26. The van der Waals surface area contributed by atoms with Crippen molar-refractivity contribution in [2.75, 3.05) is 13.1 Å². The van der Waals surface area contributed by atoms with Crippen molar-refractivity contribution in [1.29, 1.82) is 0 Å². The minimum atomic E-state index is -0.576. The molecule has 7 nitrogen and oxygen atoms in total. The first-order valence-electron chi connectivity index (χ1n) is 10.1. The fourth-order valence-corrected chi connectivity index (χ4v) is 3.42. The Morgan fingerprint density at radius 2 is 1.60 bits per heavy atom. The number of likely N-dealkylation sites (tertiary alicyclic amines) is 1. The van der Waals surface area contributed by atoms with Crippen molar-refractivity contribution in [1.82, 2.24) is 4.90 Å². The van der Waals surface area contributed by atoms with Gasteiger partial charge in [0.2, 0.25) is 0 Å². The van der Waals surface area contributed by atoms with Gasteiger partial charge in [0, 0.05) is 29.1 Å². The third kappa shape index (κ3) is 5.61. The van der Waals surface area contributed by atoms with Crippen LogP contribution in [0.15, 0.2) is 70.8 Å². The Bertz CT molecular complexity index is 890. The molecule has 0 aromatic heterocycles. The molecule has 0 N–H and O–H groups in total. The number of rotatable bonds is 4. The number of hydrogen-bond donors (Lipinski definition) is 0. The Balaban J connectivity index is 1.89. The smallest absolute Gasteiger partial charge is 0.410 e. The molecule has 3 rings (SSSR count). The second-order valence-electron chi connectivity index (χ2n) is 8.26. The number of nitrogens with zero attached hydrogens (tertiary/aromatic N) is 5. The van der Waals surface area contributed by atoms with E-state index in [1.54, 1.807) is 4.90 Å². The topological polar surface area (TPSA) is 90.7 Å². The van der Waals surface area contributed by atoms with Crippen LogP contribution in [0.2, 0.25) is 0 Å². The van der Waals surface area contributed by atoms with Crippen molar-refractivity contribution in [3.8, 4) is 0 Å².